The Kier molecular flexibility index (Phi) is 4.13. The summed E-state index contributed by atoms with van der Waals surface area (Å²) in [5.41, 5.74) is 0.775. The summed E-state index contributed by atoms with van der Waals surface area (Å²) in [6.07, 6.45) is 7.97. The van der Waals surface area contributed by atoms with E-state index in [1.54, 1.807) is 0 Å². The van der Waals surface area contributed by atoms with Crippen LogP contribution < -0.4 is 5.32 Å². The van der Waals surface area contributed by atoms with E-state index in [1.807, 2.05) is 0 Å². The van der Waals surface area contributed by atoms with Crippen LogP contribution in [0.2, 0.25) is 0 Å². The van der Waals surface area contributed by atoms with Gasteiger partial charge >= 0.3 is 0 Å². The summed E-state index contributed by atoms with van der Waals surface area (Å²) in [6, 6.07) is 0.685. The molecule has 3 aliphatic rings. The predicted octanol–water partition coefficient (Wildman–Crippen LogP) is 2.80. The number of nitrogens with one attached hydrogen (secondary N) is 1. The van der Waals surface area contributed by atoms with Crippen molar-refractivity contribution in [1.29, 1.82) is 0 Å². The van der Waals surface area contributed by atoms with Gasteiger partial charge in [-0.25, -0.2) is 0 Å². The highest BCUT2D eigenvalue weighted by atomic mass is 16.5. The van der Waals surface area contributed by atoms with Gasteiger partial charge in [0.1, 0.15) is 0 Å². The second kappa shape index (κ2) is 5.58. The van der Waals surface area contributed by atoms with E-state index in [0.29, 0.717) is 17.1 Å². The molecule has 3 rings (SSSR count). The molecule has 116 valence electrons. The maximum Gasteiger partial charge on any atom is 0.0483 e. The lowest BCUT2D eigenvalue weighted by molar-refractivity contribution is -0.0764. The van der Waals surface area contributed by atoms with Crippen LogP contribution in [-0.4, -0.2) is 48.3 Å². The molecule has 3 heteroatoms. The zero-order valence-corrected chi connectivity index (χ0v) is 13.6. The van der Waals surface area contributed by atoms with Crippen molar-refractivity contribution in [3.8, 4) is 0 Å². The molecule has 20 heavy (non-hydrogen) atoms. The molecule has 0 aromatic rings. The molecule has 0 aromatic heterocycles. The summed E-state index contributed by atoms with van der Waals surface area (Å²) in [4.78, 5) is 2.88. The van der Waals surface area contributed by atoms with Crippen molar-refractivity contribution in [2.45, 2.75) is 76.4 Å². The Morgan fingerprint density at radius 2 is 1.75 bits per heavy atom. The lowest BCUT2D eigenvalue weighted by atomic mass is 9.81. The fourth-order valence-electron chi connectivity index (χ4n) is 4.60. The van der Waals surface area contributed by atoms with Crippen molar-refractivity contribution in [3.05, 3.63) is 0 Å². The first kappa shape index (κ1) is 14.8. The van der Waals surface area contributed by atoms with Crippen molar-refractivity contribution in [3.63, 3.8) is 0 Å². The average molecular weight is 280 g/mol. The van der Waals surface area contributed by atoms with Gasteiger partial charge in [0.25, 0.3) is 0 Å². The minimum atomic E-state index is 0.352. The van der Waals surface area contributed by atoms with Crippen molar-refractivity contribution < 1.29 is 4.74 Å². The maximum atomic E-state index is 5.63. The van der Waals surface area contributed by atoms with Gasteiger partial charge in [0, 0.05) is 43.4 Å². The molecule has 0 bridgehead atoms. The summed E-state index contributed by atoms with van der Waals surface area (Å²) in [6.45, 7) is 11.6. The van der Waals surface area contributed by atoms with Crippen molar-refractivity contribution >= 4 is 0 Å². The van der Waals surface area contributed by atoms with Gasteiger partial charge in [-0.3, -0.25) is 4.90 Å². The first-order chi connectivity index (χ1) is 9.55. The summed E-state index contributed by atoms with van der Waals surface area (Å²) in [5, 5.41) is 3.94. The summed E-state index contributed by atoms with van der Waals surface area (Å²) in [5.74, 6) is 0.723. The zero-order valence-electron chi connectivity index (χ0n) is 13.6. The zero-order chi connectivity index (χ0) is 14.2. The quantitative estimate of drug-likeness (QED) is 0.842. The Labute approximate surface area is 124 Å². The van der Waals surface area contributed by atoms with Gasteiger partial charge in [0.05, 0.1) is 0 Å². The number of hydrogen-bond acceptors (Lipinski definition) is 3. The van der Waals surface area contributed by atoms with Gasteiger partial charge in [-0.1, -0.05) is 26.7 Å². The first-order valence-electron chi connectivity index (χ1n) is 8.64. The molecule has 1 unspecified atom stereocenters. The average Bonchev–Trinajstić information content (AvgIpc) is 2.87. The van der Waals surface area contributed by atoms with Crippen LogP contribution in [0.1, 0.15) is 59.3 Å². The Balaban J connectivity index is 1.81. The molecule has 2 heterocycles. The van der Waals surface area contributed by atoms with Crippen molar-refractivity contribution in [2.75, 3.05) is 26.3 Å². The van der Waals surface area contributed by atoms with Gasteiger partial charge in [-0.05, 0) is 38.5 Å². The summed E-state index contributed by atoms with van der Waals surface area (Å²) >= 11 is 0. The number of nitrogens with zero attached hydrogens (tertiary/aromatic N) is 1. The Bertz CT molecular complexity index is 330. The highest BCUT2D eigenvalue weighted by molar-refractivity contribution is 5.06. The molecular weight excluding hydrogens is 248 g/mol. The van der Waals surface area contributed by atoms with E-state index >= 15 is 0 Å². The molecule has 2 saturated heterocycles. The topological polar surface area (TPSA) is 24.5 Å². The lowest BCUT2D eigenvalue weighted by Gasteiger charge is -2.56. The van der Waals surface area contributed by atoms with Gasteiger partial charge < -0.3 is 10.1 Å². The van der Waals surface area contributed by atoms with E-state index in [9.17, 15) is 0 Å². The number of rotatable bonds is 2. The van der Waals surface area contributed by atoms with Crippen molar-refractivity contribution in [1.82, 2.24) is 10.2 Å². The Hall–Kier alpha value is -0.120. The Morgan fingerprint density at radius 3 is 2.35 bits per heavy atom. The Morgan fingerprint density at radius 1 is 1.10 bits per heavy atom. The van der Waals surface area contributed by atoms with Crippen LogP contribution >= 0.6 is 0 Å². The van der Waals surface area contributed by atoms with Crippen LogP contribution in [-0.2, 0) is 4.74 Å². The fraction of sp³-hybridized carbons (Fsp3) is 1.00. The van der Waals surface area contributed by atoms with Gasteiger partial charge in [0.2, 0.25) is 0 Å². The van der Waals surface area contributed by atoms with Crippen molar-refractivity contribution in [2.24, 2.45) is 5.92 Å². The van der Waals surface area contributed by atoms with Crippen LogP contribution in [0.5, 0.6) is 0 Å². The molecule has 0 radical (unpaired) electrons. The van der Waals surface area contributed by atoms with Gasteiger partial charge in [-0.2, -0.15) is 0 Å². The van der Waals surface area contributed by atoms with Crippen LogP contribution in [0.4, 0.5) is 0 Å². The molecule has 0 aromatic carbocycles. The SMILES string of the molecule is CC(C)C1CNC2(CCCC2)CN1C1(C)CCOCC1. The van der Waals surface area contributed by atoms with Crippen LogP contribution in [0, 0.1) is 5.92 Å². The highest BCUT2D eigenvalue weighted by Gasteiger charge is 2.47. The van der Waals surface area contributed by atoms with E-state index in [1.165, 1.54) is 51.6 Å². The molecule has 1 saturated carbocycles. The highest BCUT2D eigenvalue weighted by Crippen LogP contribution is 2.39. The fourth-order valence-corrected chi connectivity index (χ4v) is 4.60. The van der Waals surface area contributed by atoms with Crippen LogP contribution in [0.25, 0.3) is 0 Å². The molecule has 1 atom stereocenters. The second-order valence-electron chi connectivity index (χ2n) is 7.92. The monoisotopic (exact) mass is 280 g/mol. The number of piperazine rings is 1. The lowest BCUT2D eigenvalue weighted by Crippen LogP contribution is -2.70. The third-order valence-corrected chi connectivity index (χ3v) is 6.15. The molecule has 1 spiro atoms. The van der Waals surface area contributed by atoms with E-state index < -0.39 is 0 Å². The largest absolute Gasteiger partial charge is 0.381 e. The third kappa shape index (κ3) is 2.65. The van der Waals surface area contributed by atoms with E-state index in [4.69, 9.17) is 4.74 Å². The molecular formula is C17H32N2O. The predicted molar refractivity (Wildman–Crippen MR) is 83.0 cm³/mol. The molecule has 1 aliphatic carbocycles. The second-order valence-corrected chi connectivity index (χ2v) is 7.92. The minimum absolute atomic E-state index is 0.352. The standard InChI is InChI=1S/C17H32N2O/c1-14(2)15-12-18-17(6-4-5-7-17)13-19(15)16(3)8-10-20-11-9-16/h14-15,18H,4-13H2,1-3H3. The van der Waals surface area contributed by atoms with E-state index in [-0.39, 0.29) is 0 Å². The maximum absolute atomic E-state index is 5.63. The van der Waals surface area contributed by atoms with Crippen LogP contribution in [0.15, 0.2) is 0 Å². The van der Waals surface area contributed by atoms with E-state index in [0.717, 1.165) is 19.1 Å². The molecule has 3 fully saturated rings. The van der Waals surface area contributed by atoms with Gasteiger partial charge in [-0.15, -0.1) is 0 Å². The smallest absolute Gasteiger partial charge is 0.0483 e. The summed E-state index contributed by atoms with van der Waals surface area (Å²) < 4.78 is 5.63. The molecule has 3 nitrogen and oxygen atoms in total. The third-order valence-electron chi connectivity index (χ3n) is 6.15. The normalized spacial score (nSPS) is 33.9. The number of ether oxygens (including phenoxy) is 1. The van der Waals surface area contributed by atoms with Gasteiger partial charge in [0.15, 0.2) is 0 Å². The number of hydrogen-bond donors (Lipinski definition) is 1. The molecule has 2 aliphatic heterocycles. The molecule has 1 N–H and O–H groups in total. The molecule has 0 amide bonds. The summed E-state index contributed by atoms with van der Waals surface area (Å²) in [7, 11) is 0. The first-order valence-corrected chi connectivity index (χ1v) is 8.64. The minimum Gasteiger partial charge on any atom is -0.381 e. The van der Waals surface area contributed by atoms with Crippen LogP contribution in [0.3, 0.4) is 0 Å². The van der Waals surface area contributed by atoms with E-state index in [2.05, 4.69) is 31.0 Å².